The molecule has 0 heterocycles. The van der Waals surface area contributed by atoms with Crippen LogP contribution in [0.3, 0.4) is 0 Å². The van der Waals surface area contributed by atoms with E-state index in [1.165, 1.54) is 295 Å². The van der Waals surface area contributed by atoms with Crippen molar-refractivity contribution in [1.29, 1.82) is 0 Å². The van der Waals surface area contributed by atoms with Gasteiger partial charge in [-0.2, -0.15) is 0 Å². The summed E-state index contributed by atoms with van der Waals surface area (Å²) in [6.07, 6.45) is 87.6. The van der Waals surface area contributed by atoms with Gasteiger partial charge in [-0.3, -0.25) is 14.4 Å². The third-order valence-corrected chi connectivity index (χ3v) is 16.6. The van der Waals surface area contributed by atoms with Crippen LogP contribution in [0.4, 0.5) is 0 Å². The molecule has 0 saturated heterocycles. The van der Waals surface area contributed by atoms with Crippen LogP contribution in [0.5, 0.6) is 0 Å². The lowest BCUT2D eigenvalue weighted by atomic mass is 10.0. The quantitative estimate of drug-likeness (QED) is 0.0261. The highest BCUT2D eigenvalue weighted by atomic mass is 16.6. The highest BCUT2D eigenvalue weighted by molar-refractivity contribution is 5.71. The largest absolute Gasteiger partial charge is 0.462 e. The van der Waals surface area contributed by atoms with Crippen LogP contribution in [0.2, 0.25) is 0 Å². The van der Waals surface area contributed by atoms with E-state index in [4.69, 9.17) is 14.2 Å². The molecule has 0 N–H and O–H groups in total. The van der Waals surface area contributed by atoms with Gasteiger partial charge in [0.1, 0.15) is 13.2 Å². The molecule has 0 aromatic carbocycles. The van der Waals surface area contributed by atoms with Crippen LogP contribution in [0.15, 0.2) is 36.5 Å². The van der Waals surface area contributed by atoms with Crippen LogP contribution in [0, 0.1) is 0 Å². The summed E-state index contributed by atoms with van der Waals surface area (Å²) in [5, 5.41) is 0. The van der Waals surface area contributed by atoms with Gasteiger partial charge in [0.15, 0.2) is 6.10 Å². The van der Waals surface area contributed by atoms with Gasteiger partial charge in [-0.05, 0) is 57.8 Å². The first-order chi connectivity index (χ1) is 40.0. The molecule has 0 rings (SSSR count). The van der Waals surface area contributed by atoms with Gasteiger partial charge in [0.05, 0.1) is 0 Å². The van der Waals surface area contributed by atoms with Crippen molar-refractivity contribution in [3.8, 4) is 0 Å². The van der Waals surface area contributed by atoms with Crippen molar-refractivity contribution in [2.45, 2.75) is 412 Å². The Hall–Kier alpha value is -2.37. The molecule has 0 bridgehead atoms. The Morgan fingerprint density at radius 2 is 0.444 bits per heavy atom. The Morgan fingerprint density at radius 1 is 0.247 bits per heavy atom. The molecular weight excluding hydrogens is 997 g/mol. The van der Waals surface area contributed by atoms with Gasteiger partial charge in [-0.15, -0.1) is 0 Å². The van der Waals surface area contributed by atoms with E-state index in [0.717, 1.165) is 70.6 Å². The Labute approximate surface area is 506 Å². The van der Waals surface area contributed by atoms with Crippen LogP contribution < -0.4 is 0 Å². The second-order valence-corrected chi connectivity index (χ2v) is 24.9. The summed E-state index contributed by atoms with van der Waals surface area (Å²) in [4.78, 5) is 38.4. The zero-order chi connectivity index (χ0) is 58.5. The maximum absolute atomic E-state index is 12.9. The molecule has 0 aliphatic rings. The number of hydrogen-bond donors (Lipinski definition) is 0. The molecule has 0 spiro atoms. The Balaban J connectivity index is 4.10. The van der Waals surface area contributed by atoms with Crippen LogP contribution in [0.25, 0.3) is 0 Å². The van der Waals surface area contributed by atoms with E-state index >= 15 is 0 Å². The zero-order valence-electron chi connectivity index (χ0n) is 54.8. The fourth-order valence-corrected chi connectivity index (χ4v) is 11.2. The molecule has 0 aromatic heterocycles. The highest BCUT2D eigenvalue weighted by Gasteiger charge is 2.19. The van der Waals surface area contributed by atoms with Crippen LogP contribution in [-0.4, -0.2) is 37.2 Å². The van der Waals surface area contributed by atoms with Crippen molar-refractivity contribution < 1.29 is 28.6 Å². The lowest BCUT2D eigenvalue weighted by molar-refractivity contribution is -0.167. The summed E-state index contributed by atoms with van der Waals surface area (Å²) in [6.45, 7) is 6.70. The Bertz CT molecular complexity index is 1350. The average molecular weight is 1140 g/mol. The molecule has 0 aromatic rings. The second kappa shape index (κ2) is 70.1. The molecule has 6 nitrogen and oxygen atoms in total. The molecule has 0 fully saturated rings. The molecular formula is C75H140O6. The number of unbranched alkanes of at least 4 members (excludes halogenated alkanes) is 51. The third-order valence-electron chi connectivity index (χ3n) is 16.6. The zero-order valence-corrected chi connectivity index (χ0v) is 54.8. The minimum Gasteiger partial charge on any atom is -0.462 e. The van der Waals surface area contributed by atoms with Gasteiger partial charge in [0.2, 0.25) is 0 Å². The van der Waals surface area contributed by atoms with Crippen molar-refractivity contribution in [3.63, 3.8) is 0 Å². The standard InChI is InChI=1S/C75H140O6/c1-4-7-10-13-16-19-22-25-27-29-31-32-33-34-35-36-37-38-39-40-41-42-43-44-45-47-48-50-53-56-59-62-65-68-74(77)80-71-72(70-79-73(76)67-64-61-58-55-52-24-21-18-15-12-9-6-3)81-75(78)69-66-63-60-57-54-51-49-46-30-28-26-23-20-17-14-11-8-5-2/h22,25,29,31,33-34,72H,4-21,23-24,26-28,30,32,35-71H2,1-3H3/b25-22-,31-29-,34-33-. The smallest absolute Gasteiger partial charge is 0.306 e. The van der Waals surface area contributed by atoms with E-state index < -0.39 is 6.10 Å². The summed E-state index contributed by atoms with van der Waals surface area (Å²) < 4.78 is 17.0. The molecule has 476 valence electrons. The highest BCUT2D eigenvalue weighted by Crippen LogP contribution is 2.19. The number of ether oxygens (including phenoxy) is 3. The van der Waals surface area contributed by atoms with E-state index in [-0.39, 0.29) is 31.1 Å². The van der Waals surface area contributed by atoms with E-state index in [9.17, 15) is 14.4 Å². The predicted octanol–water partition coefficient (Wildman–Crippen LogP) is 25.1. The van der Waals surface area contributed by atoms with Crippen LogP contribution in [0.1, 0.15) is 406 Å². The Kier molecular flexibility index (Phi) is 68.1. The Morgan fingerprint density at radius 3 is 0.691 bits per heavy atom. The monoisotopic (exact) mass is 1140 g/mol. The number of carbonyl (C=O) groups is 3. The molecule has 1 atom stereocenters. The van der Waals surface area contributed by atoms with E-state index in [1.54, 1.807) is 0 Å². The maximum Gasteiger partial charge on any atom is 0.306 e. The van der Waals surface area contributed by atoms with Crippen molar-refractivity contribution >= 4 is 17.9 Å². The van der Waals surface area contributed by atoms with Crippen LogP contribution in [-0.2, 0) is 28.6 Å². The van der Waals surface area contributed by atoms with Crippen molar-refractivity contribution in [1.82, 2.24) is 0 Å². The van der Waals surface area contributed by atoms with Crippen LogP contribution >= 0.6 is 0 Å². The first-order valence-electron chi connectivity index (χ1n) is 36.5. The number of carbonyl (C=O) groups excluding carboxylic acids is 3. The minimum absolute atomic E-state index is 0.0641. The number of rotatable bonds is 68. The van der Waals surface area contributed by atoms with Crippen molar-refractivity contribution in [2.24, 2.45) is 0 Å². The van der Waals surface area contributed by atoms with Gasteiger partial charge < -0.3 is 14.2 Å². The maximum atomic E-state index is 12.9. The molecule has 6 heteroatoms. The first kappa shape index (κ1) is 78.6. The molecule has 0 radical (unpaired) electrons. The van der Waals surface area contributed by atoms with Gasteiger partial charge in [0, 0.05) is 19.3 Å². The molecule has 0 aliphatic carbocycles. The summed E-state index contributed by atoms with van der Waals surface area (Å²) in [5.41, 5.74) is 0. The van der Waals surface area contributed by atoms with E-state index in [0.29, 0.717) is 19.3 Å². The summed E-state index contributed by atoms with van der Waals surface area (Å²) >= 11 is 0. The summed E-state index contributed by atoms with van der Waals surface area (Å²) in [5.74, 6) is -0.832. The SMILES string of the molecule is CCCCCCC/C=C\C/C=C\C/C=C\CCCCCCCCCCCCCCCCCCCCC(=O)OCC(COC(=O)CCCCCCCCCCCCCC)OC(=O)CCCCCCCCCCCCCCCCCCCC. The molecule has 0 amide bonds. The van der Waals surface area contributed by atoms with Gasteiger partial charge in [-0.1, -0.05) is 365 Å². The molecule has 0 aliphatic heterocycles. The molecule has 81 heavy (non-hydrogen) atoms. The number of allylic oxidation sites excluding steroid dienone is 6. The lowest BCUT2D eigenvalue weighted by Crippen LogP contribution is -2.30. The van der Waals surface area contributed by atoms with Crippen molar-refractivity contribution in [2.75, 3.05) is 13.2 Å². The lowest BCUT2D eigenvalue weighted by Gasteiger charge is -2.18. The van der Waals surface area contributed by atoms with E-state index in [2.05, 4.69) is 57.2 Å². The van der Waals surface area contributed by atoms with Crippen molar-refractivity contribution in [3.05, 3.63) is 36.5 Å². The second-order valence-electron chi connectivity index (χ2n) is 24.9. The fraction of sp³-hybridized carbons (Fsp3) is 0.880. The first-order valence-corrected chi connectivity index (χ1v) is 36.5. The summed E-state index contributed by atoms with van der Waals surface area (Å²) in [6, 6.07) is 0. The van der Waals surface area contributed by atoms with Gasteiger partial charge in [-0.25, -0.2) is 0 Å². The van der Waals surface area contributed by atoms with Gasteiger partial charge in [0.25, 0.3) is 0 Å². The minimum atomic E-state index is -0.767. The third kappa shape index (κ3) is 68.3. The predicted molar refractivity (Wildman–Crippen MR) is 353 cm³/mol. The molecule has 0 saturated carbocycles. The number of esters is 3. The number of hydrogen-bond acceptors (Lipinski definition) is 6. The van der Waals surface area contributed by atoms with E-state index in [1.807, 2.05) is 0 Å². The normalized spacial score (nSPS) is 12.2. The topological polar surface area (TPSA) is 78.9 Å². The molecule has 1 unspecified atom stereocenters. The van der Waals surface area contributed by atoms with Gasteiger partial charge >= 0.3 is 17.9 Å². The average Bonchev–Trinajstić information content (AvgIpc) is 3.47. The summed E-state index contributed by atoms with van der Waals surface area (Å²) in [7, 11) is 0. The fourth-order valence-electron chi connectivity index (χ4n) is 11.2.